The molecule has 0 amide bonds. The Morgan fingerprint density at radius 1 is 0.581 bits per heavy atom. The van der Waals surface area contributed by atoms with Gasteiger partial charge in [0, 0.05) is 19.2 Å². The SMILES string of the molecule is CCCCCCCCCCCCCCCCCC(CCO)N(CCO)CCCN.F.F. The maximum absolute atomic E-state index is 9.39. The largest absolute Gasteiger partial charge is 0.396 e. The number of aliphatic hydroxyl groups is 2. The van der Waals surface area contributed by atoms with E-state index in [2.05, 4.69) is 11.8 Å². The molecule has 0 radical (unpaired) electrons. The number of nitrogens with two attached hydrogens (primary N) is 1. The van der Waals surface area contributed by atoms with E-state index in [-0.39, 0.29) is 22.6 Å². The summed E-state index contributed by atoms with van der Waals surface area (Å²) in [6.07, 6.45) is 23.7. The Kier molecular flexibility index (Phi) is 33.8. The highest BCUT2D eigenvalue weighted by molar-refractivity contribution is 4.72. The van der Waals surface area contributed by atoms with E-state index in [1.165, 1.54) is 96.3 Å². The molecule has 0 bridgehead atoms. The first-order chi connectivity index (χ1) is 14.3. The van der Waals surface area contributed by atoms with Gasteiger partial charge in [-0.2, -0.15) is 0 Å². The average molecular weight is 455 g/mol. The van der Waals surface area contributed by atoms with Crippen LogP contribution < -0.4 is 5.73 Å². The molecule has 0 aromatic rings. The third-order valence-corrected chi connectivity index (χ3v) is 6.16. The van der Waals surface area contributed by atoms with Crippen LogP contribution in [0.3, 0.4) is 0 Å². The first kappa shape index (κ1) is 35.3. The van der Waals surface area contributed by atoms with Crippen molar-refractivity contribution in [3.05, 3.63) is 0 Å². The van der Waals surface area contributed by atoms with E-state index >= 15 is 0 Å². The highest BCUT2D eigenvalue weighted by Gasteiger charge is 2.16. The lowest BCUT2D eigenvalue weighted by Gasteiger charge is -2.31. The fourth-order valence-electron chi connectivity index (χ4n) is 4.31. The van der Waals surface area contributed by atoms with Crippen molar-refractivity contribution in [2.75, 3.05) is 32.8 Å². The predicted molar refractivity (Wildman–Crippen MR) is 132 cm³/mol. The van der Waals surface area contributed by atoms with Crippen molar-refractivity contribution in [1.29, 1.82) is 0 Å². The Morgan fingerprint density at radius 2 is 1.03 bits per heavy atom. The lowest BCUT2D eigenvalue weighted by Crippen LogP contribution is -2.39. The maximum Gasteiger partial charge on any atom is 0.0558 e. The van der Waals surface area contributed by atoms with Gasteiger partial charge in [-0.3, -0.25) is 14.3 Å². The monoisotopic (exact) mass is 454 g/mol. The standard InChI is InChI=1S/C25H54N2O2.2FH/c1-2-3-4-5-6-7-8-9-10-11-12-13-14-15-16-18-25(19-23-28)27(22-24-29)21-17-20-26;;/h25,28-29H,2-24,26H2,1H3;2*1H. The number of halogens is 2. The van der Waals surface area contributed by atoms with E-state index in [4.69, 9.17) is 5.73 Å². The van der Waals surface area contributed by atoms with Crippen LogP contribution in [-0.4, -0.2) is 54.0 Å². The third-order valence-electron chi connectivity index (χ3n) is 6.16. The maximum atomic E-state index is 9.39. The molecule has 192 valence electrons. The molecule has 4 nitrogen and oxygen atoms in total. The van der Waals surface area contributed by atoms with Crippen LogP contribution in [0.2, 0.25) is 0 Å². The molecular weight excluding hydrogens is 398 g/mol. The lowest BCUT2D eigenvalue weighted by molar-refractivity contribution is 0.118. The molecule has 0 aromatic carbocycles. The van der Waals surface area contributed by atoms with E-state index < -0.39 is 0 Å². The summed E-state index contributed by atoms with van der Waals surface area (Å²) >= 11 is 0. The molecule has 1 atom stereocenters. The quantitative estimate of drug-likeness (QED) is 0.158. The predicted octanol–water partition coefficient (Wildman–Crippen LogP) is 5.95. The Hall–Kier alpha value is -0.300. The van der Waals surface area contributed by atoms with Crippen molar-refractivity contribution < 1.29 is 19.6 Å². The minimum atomic E-state index is 0. The van der Waals surface area contributed by atoms with Crippen LogP contribution in [0.1, 0.15) is 122 Å². The summed E-state index contributed by atoms with van der Waals surface area (Å²) in [5.41, 5.74) is 5.64. The fraction of sp³-hybridized carbons (Fsp3) is 1.00. The van der Waals surface area contributed by atoms with Gasteiger partial charge in [-0.25, -0.2) is 0 Å². The zero-order chi connectivity index (χ0) is 21.4. The van der Waals surface area contributed by atoms with Gasteiger partial charge < -0.3 is 15.9 Å². The van der Waals surface area contributed by atoms with Gasteiger partial charge in [0.15, 0.2) is 0 Å². The topological polar surface area (TPSA) is 69.7 Å². The first-order valence-electron chi connectivity index (χ1n) is 13.0. The van der Waals surface area contributed by atoms with Crippen molar-refractivity contribution >= 4 is 0 Å². The van der Waals surface area contributed by atoms with Crippen LogP contribution in [0.5, 0.6) is 0 Å². The third kappa shape index (κ3) is 24.2. The van der Waals surface area contributed by atoms with Gasteiger partial charge in [-0.15, -0.1) is 0 Å². The first-order valence-corrected chi connectivity index (χ1v) is 13.0. The number of rotatable bonds is 24. The molecule has 0 fully saturated rings. The molecule has 0 saturated heterocycles. The van der Waals surface area contributed by atoms with Crippen LogP contribution in [0, 0.1) is 0 Å². The molecule has 0 rings (SSSR count). The second kappa shape index (κ2) is 29.7. The summed E-state index contributed by atoms with van der Waals surface area (Å²) < 4.78 is 0. The van der Waals surface area contributed by atoms with Crippen molar-refractivity contribution in [2.24, 2.45) is 5.73 Å². The molecular formula is C25H56F2N2O2. The Morgan fingerprint density at radius 3 is 1.42 bits per heavy atom. The average Bonchev–Trinajstić information content (AvgIpc) is 2.73. The van der Waals surface area contributed by atoms with Gasteiger partial charge in [0.05, 0.1) is 6.61 Å². The summed E-state index contributed by atoms with van der Waals surface area (Å²) in [7, 11) is 0. The molecule has 0 aliphatic carbocycles. The Balaban J connectivity index is -0.00000392. The molecule has 0 saturated carbocycles. The Labute approximate surface area is 192 Å². The Bertz CT molecular complexity index is 313. The van der Waals surface area contributed by atoms with Gasteiger partial charge in [0.2, 0.25) is 0 Å². The molecule has 0 aliphatic heterocycles. The highest BCUT2D eigenvalue weighted by Crippen LogP contribution is 2.17. The van der Waals surface area contributed by atoms with Crippen LogP contribution in [0.4, 0.5) is 9.41 Å². The van der Waals surface area contributed by atoms with Gasteiger partial charge in [-0.1, -0.05) is 103 Å². The van der Waals surface area contributed by atoms with E-state index in [1.54, 1.807) is 0 Å². The van der Waals surface area contributed by atoms with E-state index in [1.807, 2.05) is 0 Å². The van der Waals surface area contributed by atoms with Gasteiger partial charge in [-0.05, 0) is 32.4 Å². The molecule has 1 unspecified atom stereocenters. The number of aliphatic hydroxyl groups excluding tert-OH is 2. The molecule has 0 aromatic heterocycles. The minimum Gasteiger partial charge on any atom is -0.396 e. The second-order valence-corrected chi connectivity index (χ2v) is 8.81. The molecule has 6 heteroatoms. The van der Waals surface area contributed by atoms with Crippen molar-refractivity contribution in [3.8, 4) is 0 Å². The summed E-state index contributed by atoms with van der Waals surface area (Å²) in [5, 5.41) is 18.7. The summed E-state index contributed by atoms with van der Waals surface area (Å²) in [5.74, 6) is 0. The van der Waals surface area contributed by atoms with Crippen molar-refractivity contribution in [2.45, 2.75) is 129 Å². The zero-order valence-corrected chi connectivity index (χ0v) is 20.6. The van der Waals surface area contributed by atoms with Crippen molar-refractivity contribution in [1.82, 2.24) is 4.90 Å². The number of unbranched alkanes of at least 4 members (excludes halogenated alkanes) is 14. The minimum absolute atomic E-state index is 0. The normalized spacial score (nSPS) is 11.9. The molecule has 0 spiro atoms. The van der Waals surface area contributed by atoms with Crippen LogP contribution >= 0.6 is 0 Å². The van der Waals surface area contributed by atoms with Gasteiger partial charge in [0.25, 0.3) is 0 Å². The van der Waals surface area contributed by atoms with E-state index in [0.29, 0.717) is 19.1 Å². The highest BCUT2D eigenvalue weighted by atomic mass is 19.0. The number of nitrogens with zero attached hydrogens (tertiary/aromatic N) is 1. The fourth-order valence-corrected chi connectivity index (χ4v) is 4.31. The van der Waals surface area contributed by atoms with Gasteiger partial charge >= 0.3 is 0 Å². The lowest BCUT2D eigenvalue weighted by atomic mass is 10.0. The van der Waals surface area contributed by atoms with Crippen LogP contribution in [0.15, 0.2) is 0 Å². The smallest absolute Gasteiger partial charge is 0.0558 e. The summed E-state index contributed by atoms with van der Waals surface area (Å²) in [6.45, 7) is 5.02. The molecule has 31 heavy (non-hydrogen) atoms. The van der Waals surface area contributed by atoms with Crippen LogP contribution in [-0.2, 0) is 0 Å². The number of hydrogen-bond donors (Lipinski definition) is 3. The van der Waals surface area contributed by atoms with Crippen molar-refractivity contribution in [3.63, 3.8) is 0 Å². The molecule has 0 aliphatic rings. The molecule has 0 heterocycles. The summed E-state index contributed by atoms with van der Waals surface area (Å²) in [4.78, 5) is 2.33. The zero-order valence-electron chi connectivity index (χ0n) is 20.6. The summed E-state index contributed by atoms with van der Waals surface area (Å²) in [6, 6.07) is 0.390. The second-order valence-electron chi connectivity index (χ2n) is 8.81. The van der Waals surface area contributed by atoms with Gasteiger partial charge in [0.1, 0.15) is 0 Å². The van der Waals surface area contributed by atoms with Crippen LogP contribution in [0.25, 0.3) is 0 Å². The van der Waals surface area contributed by atoms with E-state index in [0.717, 1.165) is 25.8 Å². The molecule has 4 N–H and O–H groups in total. The van der Waals surface area contributed by atoms with E-state index in [9.17, 15) is 10.2 Å². The number of hydrogen-bond acceptors (Lipinski definition) is 4.